The van der Waals surface area contributed by atoms with Gasteiger partial charge in [0.2, 0.25) is 5.89 Å². The monoisotopic (exact) mass is 440 g/mol. The van der Waals surface area contributed by atoms with Gasteiger partial charge in [0.25, 0.3) is 0 Å². The molecule has 1 atom stereocenters. The fourth-order valence-corrected chi connectivity index (χ4v) is 3.92. The first-order chi connectivity index (χ1) is 14.9. The third-order valence-corrected chi connectivity index (χ3v) is 6.41. The summed E-state index contributed by atoms with van der Waals surface area (Å²) >= 11 is 0. The number of aromatic nitrogens is 1. The van der Waals surface area contributed by atoms with Crippen molar-refractivity contribution in [1.82, 2.24) is 9.88 Å². The lowest BCUT2D eigenvalue weighted by molar-refractivity contribution is 0.00578. The van der Waals surface area contributed by atoms with Gasteiger partial charge in [-0.2, -0.15) is 0 Å². The van der Waals surface area contributed by atoms with E-state index in [1.807, 2.05) is 72.7 Å². The first-order valence-corrected chi connectivity index (χ1v) is 11.3. The van der Waals surface area contributed by atoms with Crippen LogP contribution in [-0.2, 0) is 14.0 Å². The van der Waals surface area contributed by atoms with Gasteiger partial charge in [0.15, 0.2) is 5.76 Å². The summed E-state index contributed by atoms with van der Waals surface area (Å²) in [6.07, 6.45) is 3.08. The maximum atomic E-state index is 12.6. The van der Waals surface area contributed by atoms with Gasteiger partial charge in [0.1, 0.15) is 11.6 Å². The molecule has 8 heteroatoms. The van der Waals surface area contributed by atoms with Crippen molar-refractivity contribution in [2.45, 2.75) is 84.2 Å². The van der Waals surface area contributed by atoms with Crippen molar-refractivity contribution in [3.8, 4) is 11.3 Å². The SMILES string of the molecule is CC(C)(C)OC(=O)N1CCC[C@@H]1c1ncc(-c2ccc(B3OC(C)(C)C(C)(C)O3)cc2)o1. The van der Waals surface area contributed by atoms with Crippen LogP contribution in [-0.4, -0.2) is 46.4 Å². The van der Waals surface area contributed by atoms with Gasteiger partial charge < -0.3 is 18.5 Å². The molecular weight excluding hydrogens is 407 g/mol. The molecular formula is C24H33BN2O5. The quantitative estimate of drug-likeness (QED) is 0.644. The van der Waals surface area contributed by atoms with Crippen LogP contribution in [0, 0.1) is 0 Å². The molecule has 172 valence electrons. The zero-order chi connectivity index (χ0) is 23.3. The Hall–Kier alpha value is -2.32. The number of benzene rings is 1. The molecule has 0 N–H and O–H groups in total. The van der Waals surface area contributed by atoms with E-state index in [1.54, 1.807) is 11.1 Å². The topological polar surface area (TPSA) is 74.0 Å². The molecule has 0 unspecified atom stereocenters. The summed E-state index contributed by atoms with van der Waals surface area (Å²) in [4.78, 5) is 18.8. The molecule has 0 bridgehead atoms. The Morgan fingerprint density at radius 2 is 1.75 bits per heavy atom. The van der Waals surface area contributed by atoms with Gasteiger partial charge in [0, 0.05) is 12.1 Å². The van der Waals surface area contributed by atoms with E-state index in [0.717, 1.165) is 23.9 Å². The summed E-state index contributed by atoms with van der Waals surface area (Å²) in [6, 6.07) is 7.73. The van der Waals surface area contributed by atoms with E-state index in [9.17, 15) is 4.79 Å². The number of hydrogen-bond donors (Lipinski definition) is 0. The second-order valence-electron chi connectivity index (χ2n) is 10.6. The lowest BCUT2D eigenvalue weighted by Crippen LogP contribution is -2.41. The van der Waals surface area contributed by atoms with Crippen molar-refractivity contribution >= 4 is 18.7 Å². The molecule has 0 aliphatic carbocycles. The van der Waals surface area contributed by atoms with Crippen molar-refractivity contribution < 1.29 is 23.3 Å². The second-order valence-corrected chi connectivity index (χ2v) is 10.6. The third-order valence-electron chi connectivity index (χ3n) is 6.41. The van der Waals surface area contributed by atoms with Crippen LogP contribution in [0.3, 0.4) is 0 Å². The van der Waals surface area contributed by atoms with Crippen LogP contribution in [0.15, 0.2) is 34.9 Å². The van der Waals surface area contributed by atoms with Crippen LogP contribution >= 0.6 is 0 Å². The predicted octanol–water partition coefficient (Wildman–Crippen LogP) is 4.71. The number of oxazole rings is 1. The summed E-state index contributed by atoms with van der Waals surface area (Å²) in [7, 11) is -0.403. The highest BCUT2D eigenvalue weighted by Gasteiger charge is 2.51. The molecule has 0 saturated carbocycles. The van der Waals surface area contributed by atoms with Gasteiger partial charge >= 0.3 is 13.2 Å². The molecule has 1 aromatic carbocycles. The van der Waals surface area contributed by atoms with Crippen LogP contribution in [0.25, 0.3) is 11.3 Å². The average Bonchev–Trinajstić information content (AvgIpc) is 3.38. The Bertz CT molecular complexity index is 961. The largest absolute Gasteiger partial charge is 0.494 e. The number of nitrogens with zero attached hydrogens (tertiary/aromatic N) is 2. The van der Waals surface area contributed by atoms with Crippen molar-refractivity contribution in [2.24, 2.45) is 0 Å². The van der Waals surface area contributed by atoms with Crippen LogP contribution in [0.4, 0.5) is 4.79 Å². The highest BCUT2D eigenvalue weighted by molar-refractivity contribution is 6.62. The Labute approximate surface area is 190 Å². The van der Waals surface area contributed by atoms with Crippen molar-refractivity contribution in [2.75, 3.05) is 6.54 Å². The van der Waals surface area contributed by atoms with Gasteiger partial charge in [-0.1, -0.05) is 24.3 Å². The van der Waals surface area contributed by atoms with Gasteiger partial charge in [-0.3, -0.25) is 4.90 Å². The molecule has 4 rings (SSSR count). The summed E-state index contributed by atoms with van der Waals surface area (Å²) < 4.78 is 23.9. The molecule has 0 spiro atoms. The fourth-order valence-electron chi connectivity index (χ4n) is 3.92. The molecule has 2 aliphatic rings. The Kier molecular flexibility index (Phi) is 5.66. The number of carbonyl (C=O) groups excluding carboxylic acids is 1. The van der Waals surface area contributed by atoms with Crippen molar-refractivity contribution in [1.29, 1.82) is 0 Å². The molecule has 3 heterocycles. The molecule has 1 amide bonds. The van der Waals surface area contributed by atoms with Crippen LogP contribution in [0.1, 0.15) is 73.2 Å². The maximum Gasteiger partial charge on any atom is 0.494 e. The minimum atomic E-state index is -0.537. The van der Waals surface area contributed by atoms with E-state index >= 15 is 0 Å². The lowest BCUT2D eigenvalue weighted by atomic mass is 9.79. The average molecular weight is 440 g/mol. The van der Waals surface area contributed by atoms with Crippen LogP contribution < -0.4 is 5.46 Å². The van der Waals surface area contributed by atoms with E-state index < -0.39 is 12.7 Å². The molecule has 32 heavy (non-hydrogen) atoms. The molecule has 2 aliphatic heterocycles. The standard InChI is InChI=1S/C24H33BN2O5/c1-22(2,3)30-21(28)27-14-8-9-18(27)20-26-15-19(29-20)16-10-12-17(13-11-16)25-31-23(4,5)24(6,7)32-25/h10-13,15,18H,8-9,14H2,1-7H3/t18-/m1/s1. The summed E-state index contributed by atoms with van der Waals surface area (Å²) in [6.45, 7) is 14.4. The van der Waals surface area contributed by atoms with Gasteiger partial charge in [-0.05, 0) is 66.8 Å². The molecule has 7 nitrogen and oxygen atoms in total. The predicted molar refractivity (Wildman–Crippen MR) is 123 cm³/mol. The van der Waals surface area contributed by atoms with Gasteiger partial charge in [-0.25, -0.2) is 9.78 Å². The third kappa shape index (κ3) is 4.43. The Morgan fingerprint density at radius 1 is 1.12 bits per heavy atom. The van der Waals surface area contributed by atoms with Gasteiger partial charge in [-0.15, -0.1) is 0 Å². The Morgan fingerprint density at radius 3 is 2.34 bits per heavy atom. The highest BCUT2D eigenvalue weighted by Crippen LogP contribution is 2.37. The number of hydrogen-bond acceptors (Lipinski definition) is 6. The summed E-state index contributed by atoms with van der Waals surface area (Å²) in [5, 5.41) is 0. The number of rotatable bonds is 3. The molecule has 2 aromatic rings. The zero-order valence-corrected chi connectivity index (χ0v) is 20.1. The zero-order valence-electron chi connectivity index (χ0n) is 20.1. The fraction of sp³-hybridized carbons (Fsp3) is 0.583. The summed E-state index contributed by atoms with van der Waals surface area (Å²) in [5.41, 5.74) is 0.574. The minimum absolute atomic E-state index is 0.206. The molecule has 0 radical (unpaired) electrons. The van der Waals surface area contributed by atoms with Crippen LogP contribution in [0.5, 0.6) is 0 Å². The number of carbonyl (C=O) groups is 1. The lowest BCUT2D eigenvalue weighted by Gasteiger charge is -2.32. The molecule has 1 aromatic heterocycles. The van der Waals surface area contributed by atoms with E-state index in [0.29, 0.717) is 18.2 Å². The number of ether oxygens (including phenoxy) is 1. The minimum Gasteiger partial charge on any atom is -0.444 e. The summed E-state index contributed by atoms with van der Waals surface area (Å²) in [5.74, 6) is 1.20. The van der Waals surface area contributed by atoms with E-state index in [2.05, 4.69) is 4.98 Å². The maximum absolute atomic E-state index is 12.6. The first kappa shape index (κ1) is 22.9. The van der Waals surface area contributed by atoms with E-state index in [1.165, 1.54) is 0 Å². The van der Waals surface area contributed by atoms with Crippen molar-refractivity contribution in [3.05, 3.63) is 36.4 Å². The second kappa shape index (κ2) is 7.92. The van der Waals surface area contributed by atoms with Crippen LogP contribution in [0.2, 0.25) is 0 Å². The Balaban J connectivity index is 1.48. The van der Waals surface area contributed by atoms with E-state index in [-0.39, 0.29) is 23.3 Å². The number of likely N-dealkylation sites (tertiary alicyclic amines) is 1. The van der Waals surface area contributed by atoms with Gasteiger partial charge in [0.05, 0.1) is 17.4 Å². The highest BCUT2D eigenvalue weighted by atomic mass is 16.7. The molecule has 2 fully saturated rings. The number of amides is 1. The first-order valence-electron chi connectivity index (χ1n) is 11.3. The van der Waals surface area contributed by atoms with Crippen molar-refractivity contribution in [3.63, 3.8) is 0 Å². The normalized spacial score (nSPS) is 22.4. The molecule has 2 saturated heterocycles. The smallest absolute Gasteiger partial charge is 0.444 e. The van der Waals surface area contributed by atoms with E-state index in [4.69, 9.17) is 18.5 Å².